The lowest BCUT2D eigenvalue weighted by Gasteiger charge is -2.31. The Morgan fingerprint density at radius 1 is 1.69 bits per heavy atom. The molecule has 3 N–H and O–H groups in total. The molecule has 1 saturated carbocycles. The van der Waals surface area contributed by atoms with Crippen LogP contribution < -0.4 is 5.73 Å². The SMILES string of the molecule is CCC(C(N)=O)N(O)CC1CCC1. The lowest BCUT2D eigenvalue weighted by Crippen LogP contribution is -2.45. The number of primary amides is 1. The van der Waals surface area contributed by atoms with E-state index in [-0.39, 0.29) is 0 Å². The first-order chi connectivity index (χ1) is 6.15. The number of hydrogen-bond acceptors (Lipinski definition) is 3. The van der Waals surface area contributed by atoms with Gasteiger partial charge in [-0.15, -0.1) is 0 Å². The molecule has 0 radical (unpaired) electrons. The standard InChI is InChI=1S/C9H18N2O2/c1-2-8(9(10)12)11(13)6-7-4-3-5-7/h7-8,13H,2-6H2,1H3,(H2,10,12). The Morgan fingerprint density at radius 3 is 2.62 bits per heavy atom. The Bertz CT molecular complexity index is 180. The Labute approximate surface area is 78.7 Å². The molecule has 1 unspecified atom stereocenters. The van der Waals surface area contributed by atoms with E-state index in [2.05, 4.69) is 0 Å². The highest BCUT2D eigenvalue weighted by molar-refractivity contribution is 5.79. The van der Waals surface area contributed by atoms with Crippen molar-refractivity contribution in [1.82, 2.24) is 5.06 Å². The van der Waals surface area contributed by atoms with Crippen molar-refractivity contribution < 1.29 is 10.0 Å². The fourth-order valence-electron chi connectivity index (χ4n) is 1.63. The molecule has 4 nitrogen and oxygen atoms in total. The van der Waals surface area contributed by atoms with Crippen LogP contribution in [0.5, 0.6) is 0 Å². The molecule has 76 valence electrons. The molecule has 1 aliphatic carbocycles. The van der Waals surface area contributed by atoms with Crippen molar-refractivity contribution in [3.8, 4) is 0 Å². The van der Waals surface area contributed by atoms with Gasteiger partial charge in [0.1, 0.15) is 6.04 Å². The molecule has 1 fully saturated rings. The first kappa shape index (κ1) is 10.5. The fraction of sp³-hybridized carbons (Fsp3) is 0.889. The van der Waals surface area contributed by atoms with E-state index in [0.29, 0.717) is 18.9 Å². The maximum absolute atomic E-state index is 10.9. The average Bonchev–Trinajstić information content (AvgIpc) is 1.97. The summed E-state index contributed by atoms with van der Waals surface area (Å²) in [7, 11) is 0. The number of nitrogens with two attached hydrogens (primary N) is 1. The molecule has 1 aliphatic rings. The van der Waals surface area contributed by atoms with Crippen molar-refractivity contribution in [2.24, 2.45) is 11.7 Å². The number of hydroxylamine groups is 2. The third-order valence-electron chi connectivity index (χ3n) is 2.74. The molecule has 0 aromatic rings. The minimum absolute atomic E-state index is 0.440. The van der Waals surface area contributed by atoms with Gasteiger partial charge in [-0.1, -0.05) is 13.3 Å². The number of nitrogens with zero attached hydrogens (tertiary/aromatic N) is 1. The normalized spacial score (nSPS) is 19.9. The van der Waals surface area contributed by atoms with E-state index in [1.54, 1.807) is 0 Å². The molecule has 0 aromatic carbocycles. The third kappa shape index (κ3) is 2.67. The van der Waals surface area contributed by atoms with Gasteiger partial charge in [0.05, 0.1) is 0 Å². The van der Waals surface area contributed by atoms with Crippen molar-refractivity contribution in [1.29, 1.82) is 0 Å². The summed E-state index contributed by atoms with van der Waals surface area (Å²) in [6, 6.07) is -0.513. The van der Waals surface area contributed by atoms with Crippen molar-refractivity contribution in [2.45, 2.75) is 38.6 Å². The second-order valence-electron chi connectivity index (χ2n) is 3.75. The largest absolute Gasteiger partial charge is 0.368 e. The Kier molecular flexibility index (Phi) is 3.69. The summed E-state index contributed by atoms with van der Waals surface area (Å²) in [6.45, 7) is 2.43. The van der Waals surface area contributed by atoms with Gasteiger partial charge in [0.15, 0.2) is 0 Å². The predicted molar refractivity (Wildman–Crippen MR) is 49.1 cm³/mol. The second kappa shape index (κ2) is 4.58. The molecule has 1 amide bonds. The van der Waals surface area contributed by atoms with Crippen molar-refractivity contribution in [2.75, 3.05) is 6.54 Å². The monoisotopic (exact) mass is 186 g/mol. The van der Waals surface area contributed by atoms with Gasteiger partial charge in [-0.2, -0.15) is 5.06 Å². The zero-order chi connectivity index (χ0) is 9.84. The average molecular weight is 186 g/mol. The summed E-state index contributed by atoms with van der Waals surface area (Å²) in [5.41, 5.74) is 5.14. The van der Waals surface area contributed by atoms with Gasteiger partial charge >= 0.3 is 0 Å². The molecule has 0 saturated heterocycles. The van der Waals surface area contributed by atoms with Crippen LogP contribution in [0.2, 0.25) is 0 Å². The smallest absolute Gasteiger partial charge is 0.237 e. The van der Waals surface area contributed by atoms with Crippen LogP contribution in [-0.2, 0) is 4.79 Å². The number of hydrogen-bond donors (Lipinski definition) is 2. The third-order valence-corrected chi connectivity index (χ3v) is 2.74. The van der Waals surface area contributed by atoms with E-state index in [1.807, 2.05) is 6.92 Å². The minimum Gasteiger partial charge on any atom is -0.368 e. The van der Waals surface area contributed by atoms with Crippen LogP contribution in [0.4, 0.5) is 0 Å². The molecule has 0 bridgehead atoms. The van der Waals surface area contributed by atoms with Gasteiger partial charge in [0, 0.05) is 6.54 Å². The van der Waals surface area contributed by atoms with Gasteiger partial charge in [0.2, 0.25) is 5.91 Å². The van der Waals surface area contributed by atoms with E-state index >= 15 is 0 Å². The van der Waals surface area contributed by atoms with Crippen LogP contribution in [0.3, 0.4) is 0 Å². The first-order valence-electron chi connectivity index (χ1n) is 4.90. The van der Waals surface area contributed by atoms with Gasteiger partial charge in [-0.25, -0.2) is 0 Å². The maximum Gasteiger partial charge on any atom is 0.237 e. The van der Waals surface area contributed by atoms with Crippen LogP contribution in [0.25, 0.3) is 0 Å². The minimum atomic E-state index is -0.513. The number of amides is 1. The lowest BCUT2D eigenvalue weighted by atomic mass is 9.85. The van der Waals surface area contributed by atoms with Gasteiger partial charge in [-0.3, -0.25) is 4.79 Å². The van der Waals surface area contributed by atoms with E-state index < -0.39 is 11.9 Å². The zero-order valence-electron chi connectivity index (χ0n) is 8.07. The van der Waals surface area contributed by atoms with Crippen molar-refractivity contribution in [3.05, 3.63) is 0 Å². The molecule has 0 heterocycles. The summed E-state index contributed by atoms with van der Waals surface area (Å²) in [5, 5.41) is 10.7. The van der Waals surface area contributed by atoms with Crippen molar-refractivity contribution in [3.63, 3.8) is 0 Å². The molecule has 13 heavy (non-hydrogen) atoms. The molecule has 1 rings (SSSR count). The highest BCUT2D eigenvalue weighted by atomic mass is 16.5. The Hall–Kier alpha value is -0.610. The number of rotatable bonds is 5. The molecule has 4 heteroatoms. The van der Waals surface area contributed by atoms with Gasteiger partial charge in [-0.05, 0) is 25.2 Å². The Morgan fingerprint density at radius 2 is 2.31 bits per heavy atom. The quantitative estimate of drug-likeness (QED) is 0.622. The van der Waals surface area contributed by atoms with Crippen LogP contribution in [0.15, 0.2) is 0 Å². The molecule has 0 spiro atoms. The van der Waals surface area contributed by atoms with E-state index in [0.717, 1.165) is 17.9 Å². The van der Waals surface area contributed by atoms with Crippen LogP contribution in [0, 0.1) is 5.92 Å². The van der Waals surface area contributed by atoms with Crippen LogP contribution in [-0.4, -0.2) is 28.8 Å². The maximum atomic E-state index is 10.9. The van der Waals surface area contributed by atoms with E-state index in [4.69, 9.17) is 5.73 Å². The molecular formula is C9H18N2O2. The lowest BCUT2D eigenvalue weighted by molar-refractivity contribution is -0.159. The topological polar surface area (TPSA) is 66.6 Å². The van der Waals surface area contributed by atoms with Gasteiger partial charge < -0.3 is 10.9 Å². The van der Waals surface area contributed by atoms with E-state index in [1.165, 1.54) is 6.42 Å². The highest BCUT2D eigenvalue weighted by Gasteiger charge is 2.26. The number of carbonyl (C=O) groups is 1. The van der Waals surface area contributed by atoms with Gasteiger partial charge in [0.25, 0.3) is 0 Å². The highest BCUT2D eigenvalue weighted by Crippen LogP contribution is 2.27. The second-order valence-corrected chi connectivity index (χ2v) is 3.75. The van der Waals surface area contributed by atoms with E-state index in [9.17, 15) is 10.0 Å². The summed E-state index contributed by atoms with van der Waals surface area (Å²) in [4.78, 5) is 10.9. The summed E-state index contributed by atoms with van der Waals surface area (Å²) < 4.78 is 0. The Balaban J connectivity index is 2.33. The molecule has 1 atom stereocenters. The molecule has 0 aromatic heterocycles. The predicted octanol–water partition coefficient (Wildman–Crippen LogP) is 0.742. The number of carbonyl (C=O) groups excluding carboxylic acids is 1. The van der Waals surface area contributed by atoms with Crippen molar-refractivity contribution >= 4 is 5.91 Å². The van der Waals surface area contributed by atoms with Crippen LogP contribution >= 0.6 is 0 Å². The molecular weight excluding hydrogens is 168 g/mol. The molecule has 0 aliphatic heterocycles. The summed E-state index contributed by atoms with van der Waals surface area (Å²) in [5.74, 6) is 0.114. The summed E-state index contributed by atoms with van der Waals surface area (Å²) in [6.07, 6.45) is 4.13. The first-order valence-corrected chi connectivity index (χ1v) is 4.90. The fourth-order valence-corrected chi connectivity index (χ4v) is 1.63. The van der Waals surface area contributed by atoms with Crippen LogP contribution in [0.1, 0.15) is 32.6 Å². The zero-order valence-corrected chi connectivity index (χ0v) is 8.07. The summed E-state index contributed by atoms with van der Waals surface area (Å²) >= 11 is 0.